The van der Waals surface area contributed by atoms with E-state index >= 15 is 0 Å². The van der Waals surface area contributed by atoms with E-state index in [1.807, 2.05) is 0 Å². The van der Waals surface area contributed by atoms with E-state index in [1.54, 1.807) is 0 Å². The van der Waals surface area contributed by atoms with Crippen LogP contribution in [-0.2, 0) is 0 Å². The van der Waals surface area contributed by atoms with Crippen LogP contribution in [0.15, 0.2) is 16.6 Å². The molecular weight excluding hydrogens is 250 g/mol. The third kappa shape index (κ3) is 2.97. The Morgan fingerprint density at radius 2 is 1.87 bits per heavy atom. The van der Waals surface area contributed by atoms with E-state index in [1.165, 1.54) is 40.5 Å². The highest BCUT2D eigenvalue weighted by Crippen LogP contribution is 2.32. The lowest BCUT2D eigenvalue weighted by atomic mass is 10.1. The van der Waals surface area contributed by atoms with Gasteiger partial charge in [-0.3, -0.25) is 0 Å². The number of halogens is 1. The van der Waals surface area contributed by atoms with Crippen molar-refractivity contribution in [1.82, 2.24) is 0 Å². The van der Waals surface area contributed by atoms with Gasteiger partial charge in [0.15, 0.2) is 0 Å². The highest BCUT2D eigenvalue weighted by Gasteiger charge is 2.20. The fraction of sp³-hybridized carbons (Fsp3) is 0.538. The van der Waals surface area contributed by atoms with Crippen LogP contribution in [0.25, 0.3) is 0 Å². The van der Waals surface area contributed by atoms with Crippen LogP contribution in [0.2, 0.25) is 0 Å². The number of hydrogen-bond donors (Lipinski definition) is 1. The average Bonchev–Trinajstić information content (AvgIpc) is 2.93. The predicted molar refractivity (Wildman–Crippen MR) is 69.4 cm³/mol. The Kier molecular flexibility index (Phi) is 3.35. The molecule has 1 aromatic rings. The van der Waals surface area contributed by atoms with E-state index < -0.39 is 0 Å². The molecule has 1 fully saturated rings. The smallest absolute Gasteiger partial charge is 0.0400 e. The Morgan fingerprint density at radius 3 is 2.40 bits per heavy atom. The lowest BCUT2D eigenvalue weighted by molar-refractivity contribution is 0.759. The number of benzene rings is 1. The molecule has 82 valence electrons. The number of nitrogens with one attached hydrogen (secondary N) is 1. The molecule has 2 heteroatoms. The van der Waals surface area contributed by atoms with Gasteiger partial charge in [0.25, 0.3) is 0 Å². The Labute approximate surface area is 100 Å². The standard InChI is InChI=1S/C13H18BrN/c1-9-7-12(14)8-10(2)13(9)15-6-5-11-3-4-11/h7-8,11,15H,3-6H2,1-2H3. The molecule has 1 aliphatic rings. The SMILES string of the molecule is Cc1cc(Br)cc(C)c1NCCC1CC1. The Morgan fingerprint density at radius 1 is 1.27 bits per heavy atom. The van der Waals surface area contributed by atoms with Gasteiger partial charge in [0, 0.05) is 16.7 Å². The second-order valence-corrected chi connectivity index (χ2v) is 5.49. The van der Waals surface area contributed by atoms with Gasteiger partial charge in [-0.2, -0.15) is 0 Å². The van der Waals surface area contributed by atoms with Crippen molar-refractivity contribution < 1.29 is 0 Å². The van der Waals surface area contributed by atoms with Gasteiger partial charge in [-0.05, 0) is 49.4 Å². The van der Waals surface area contributed by atoms with Gasteiger partial charge in [0.1, 0.15) is 0 Å². The molecule has 0 amide bonds. The minimum atomic E-state index is 1.01. The normalized spacial score (nSPS) is 15.4. The zero-order valence-electron chi connectivity index (χ0n) is 9.44. The summed E-state index contributed by atoms with van der Waals surface area (Å²) in [5, 5.41) is 3.56. The summed E-state index contributed by atoms with van der Waals surface area (Å²) in [6.07, 6.45) is 4.22. The molecule has 0 atom stereocenters. The second kappa shape index (κ2) is 4.56. The zero-order chi connectivity index (χ0) is 10.8. The van der Waals surface area contributed by atoms with Crippen molar-refractivity contribution in [3.63, 3.8) is 0 Å². The van der Waals surface area contributed by atoms with Crippen molar-refractivity contribution in [3.8, 4) is 0 Å². The number of hydrogen-bond acceptors (Lipinski definition) is 1. The zero-order valence-corrected chi connectivity index (χ0v) is 11.0. The highest BCUT2D eigenvalue weighted by molar-refractivity contribution is 9.10. The van der Waals surface area contributed by atoms with Gasteiger partial charge in [0.2, 0.25) is 0 Å². The maximum Gasteiger partial charge on any atom is 0.0400 e. The summed E-state index contributed by atoms with van der Waals surface area (Å²) < 4.78 is 1.17. The van der Waals surface area contributed by atoms with Crippen molar-refractivity contribution in [3.05, 3.63) is 27.7 Å². The average molecular weight is 268 g/mol. The minimum Gasteiger partial charge on any atom is -0.385 e. The van der Waals surface area contributed by atoms with Crippen molar-refractivity contribution in [2.75, 3.05) is 11.9 Å². The lowest BCUT2D eigenvalue weighted by Crippen LogP contribution is -2.05. The third-order valence-electron chi connectivity index (χ3n) is 3.05. The van der Waals surface area contributed by atoms with Crippen LogP contribution < -0.4 is 5.32 Å². The molecule has 2 rings (SSSR count). The van der Waals surface area contributed by atoms with Gasteiger partial charge in [-0.25, -0.2) is 0 Å². The monoisotopic (exact) mass is 267 g/mol. The molecule has 15 heavy (non-hydrogen) atoms. The molecule has 0 aliphatic heterocycles. The van der Waals surface area contributed by atoms with E-state index in [-0.39, 0.29) is 0 Å². The molecule has 0 spiro atoms. The molecule has 1 aliphatic carbocycles. The summed E-state index contributed by atoms with van der Waals surface area (Å²) in [4.78, 5) is 0. The first kappa shape index (κ1) is 11.0. The number of anilines is 1. The predicted octanol–water partition coefficient (Wildman–Crippen LogP) is 4.28. The van der Waals surface area contributed by atoms with Gasteiger partial charge >= 0.3 is 0 Å². The minimum absolute atomic E-state index is 1.01. The molecule has 1 N–H and O–H groups in total. The van der Waals surface area contributed by atoms with Crippen LogP contribution in [0.5, 0.6) is 0 Å². The summed E-state index contributed by atoms with van der Waals surface area (Å²) in [7, 11) is 0. The fourth-order valence-corrected chi connectivity index (χ4v) is 2.68. The molecule has 1 saturated carbocycles. The van der Waals surface area contributed by atoms with Gasteiger partial charge < -0.3 is 5.32 Å². The molecule has 1 aromatic carbocycles. The van der Waals surface area contributed by atoms with E-state index in [2.05, 4.69) is 47.2 Å². The lowest BCUT2D eigenvalue weighted by Gasteiger charge is -2.13. The maximum atomic E-state index is 3.56. The number of rotatable bonds is 4. The highest BCUT2D eigenvalue weighted by atomic mass is 79.9. The van der Waals surface area contributed by atoms with Crippen LogP contribution in [0, 0.1) is 19.8 Å². The van der Waals surface area contributed by atoms with Crippen LogP contribution in [0.3, 0.4) is 0 Å². The van der Waals surface area contributed by atoms with Crippen LogP contribution in [-0.4, -0.2) is 6.54 Å². The van der Waals surface area contributed by atoms with Crippen LogP contribution in [0.1, 0.15) is 30.4 Å². The molecule has 0 aromatic heterocycles. The molecule has 1 nitrogen and oxygen atoms in total. The van der Waals surface area contributed by atoms with E-state index in [0.29, 0.717) is 0 Å². The van der Waals surface area contributed by atoms with E-state index in [9.17, 15) is 0 Å². The first-order valence-corrected chi connectivity index (χ1v) is 6.46. The Bertz CT molecular complexity index is 333. The molecule has 0 radical (unpaired) electrons. The molecular formula is C13H18BrN. The number of aryl methyl sites for hydroxylation is 2. The first-order chi connectivity index (χ1) is 7.16. The van der Waals surface area contributed by atoms with Crippen molar-refractivity contribution >= 4 is 21.6 Å². The van der Waals surface area contributed by atoms with Gasteiger partial charge in [0.05, 0.1) is 0 Å². The summed E-state index contributed by atoms with van der Waals surface area (Å²) in [6.45, 7) is 5.45. The maximum absolute atomic E-state index is 3.56. The fourth-order valence-electron chi connectivity index (χ4n) is 2.00. The van der Waals surface area contributed by atoms with E-state index in [0.717, 1.165) is 12.5 Å². The van der Waals surface area contributed by atoms with Crippen molar-refractivity contribution in [1.29, 1.82) is 0 Å². The largest absolute Gasteiger partial charge is 0.385 e. The summed E-state index contributed by atoms with van der Waals surface area (Å²) >= 11 is 3.52. The summed E-state index contributed by atoms with van der Waals surface area (Å²) in [6, 6.07) is 4.35. The molecule has 0 heterocycles. The van der Waals surface area contributed by atoms with Crippen LogP contribution >= 0.6 is 15.9 Å². The topological polar surface area (TPSA) is 12.0 Å². The third-order valence-corrected chi connectivity index (χ3v) is 3.51. The van der Waals surface area contributed by atoms with Crippen molar-refractivity contribution in [2.45, 2.75) is 33.1 Å². The van der Waals surface area contributed by atoms with Crippen molar-refractivity contribution in [2.24, 2.45) is 5.92 Å². The van der Waals surface area contributed by atoms with Crippen LogP contribution in [0.4, 0.5) is 5.69 Å². The van der Waals surface area contributed by atoms with E-state index in [4.69, 9.17) is 0 Å². The summed E-state index contributed by atoms with van der Waals surface area (Å²) in [5.41, 5.74) is 3.98. The molecule has 0 saturated heterocycles. The van der Waals surface area contributed by atoms with Gasteiger partial charge in [-0.1, -0.05) is 28.8 Å². The summed E-state index contributed by atoms with van der Waals surface area (Å²) in [5.74, 6) is 1.01. The Hall–Kier alpha value is -0.500. The Balaban J connectivity index is 1.99. The molecule has 0 unspecified atom stereocenters. The van der Waals surface area contributed by atoms with Gasteiger partial charge in [-0.15, -0.1) is 0 Å². The quantitative estimate of drug-likeness (QED) is 0.859. The first-order valence-electron chi connectivity index (χ1n) is 5.67. The molecule has 0 bridgehead atoms. The second-order valence-electron chi connectivity index (χ2n) is 4.57.